The van der Waals surface area contributed by atoms with Crippen molar-refractivity contribution in [3.8, 4) is 56.7 Å². The van der Waals surface area contributed by atoms with Gasteiger partial charge in [-0.15, -0.1) is 0 Å². The number of alkyl halides is 6. The molecular formula is C53H31F6N5. The maximum Gasteiger partial charge on any atom is 0.416 e. The fraction of sp³-hybridized carbons (Fsp3) is 0.0377. The maximum atomic E-state index is 14.2. The van der Waals surface area contributed by atoms with Crippen LogP contribution in [0.5, 0.6) is 0 Å². The van der Waals surface area contributed by atoms with E-state index in [2.05, 4.69) is 41.0 Å². The average Bonchev–Trinajstić information content (AvgIpc) is 3.83. The van der Waals surface area contributed by atoms with Crippen molar-refractivity contribution >= 4 is 43.6 Å². The van der Waals surface area contributed by atoms with Crippen LogP contribution in [0.2, 0.25) is 0 Å². The van der Waals surface area contributed by atoms with Crippen molar-refractivity contribution in [1.82, 2.24) is 24.1 Å². The topological polar surface area (TPSA) is 48.5 Å². The molecule has 64 heavy (non-hydrogen) atoms. The molecule has 11 heteroatoms. The van der Waals surface area contributed by atoms with Gasteiger partial charge in [-0.3, -0.25) is 0 Å². The van der Waals surface area contributed by atoms with Gasteiger partial charge in [0.05, 0.1) is 38.9 Å². The van der Waals surface area contributed by atoms with Crippen LogP contribution in [-0.4, -0.2) is 24.1 Å². The smallest absolute Gasteiger partial charge is 0.309 e. The Bertz CT molecular complexity index is 3450. The van der Waals surface area contributed by atoms with Crippen molar-refractivity contribution in [3.05, 3.63) is 199 Å². The van der Waals surface area contributed by atoms with Crippen LogP contribution in [0, 0.1) is 0 Å². The van der Waals surface area contributed by atoms with E-state index in [1.165, 1.54) is 12.1 Å². The molecule has 0 aliphatic carbocycles. The summed E-state index contributed by atoms with van der Waals surface area (Å²) in [4.78, 5) is 15.0. The van der Waals surface area contributed by atoms with E-state index >= 15 is 0 Å². The van der Waals surface area contributed by atoms with Crippen LogP contribution < -0.4 is 0 Å². The van der Waals surface area contributed by atoms with E-state index in [1.807, 2.05) is 115 Å². The molecule has 0 aliphatic rings. The lowest BCUT2D eigenvalue weighted by Crippen LogP contribution is -2.05. The summed E-state index contributed by atoms with van der Waals surface area (Å²) in [5.74, 6) is 1.00. The van der Waals surface area contributed by atoms with E-state index in [0.29, 0.717) is 22.9 Å². The second kappa shape index (κ2) is 14.8. The van der Waals surface area contributed by atoms with Gasteiger partial charge >= 0.3 is 12.4 Å². The minimum Gasteiger partial charge on any atom is -0.309 e. The minimum atomic E-state index is -4.74. The molecule has 0 aliphatic heterocycles. The molecule has 310 valence electrons. The van der Waals surface area contributed by atoms with E-state index in [4.69, 9.17) is 15.0 Å². The van der Waals surface area contributed by atoms with Gasteiger partial charge in [-0.1, -0.05) is 115 Å². The summed E-state index contributed by atoms with van der Waals surface area (Å²) in [5.41, 5.74) is 5.55. The van der Waals surface area contributed by atoms with Gasteiger partial charge in [-0.25, -0.2) is 15.0 Å². The fourth-order valence-electron chi connectivity index (χ4n) is 8.66. The summed E-state index contributed by atoms with van der Waals surface area (Å²) in [7, 11) is 0. The highest BCUT2D eigenvalue weighted by Gasteiger charge is 2.34. The highest BCUT2D eigenvalue weighted by atomic mass is 19.4. The number of hydrogen-bond donors (Lipinski definition) is 0. The first-order valence-corrected chi connectivity index (χ1v) is 20.3. The molecule has 0 bridgehead atoms. The molecule has 0 N–H and O–H groups in total. The van der Waals surface area contributed by atoms with Crippen LogP contribution in [-0.2, 0) is 12.4 Å². The summed E-state index contributed by atoms with van der Waals surface area (Å²) in [6, 6.07) is 55.3. The van der Waals surface area contributed by atoms with E-state index < -0.39 is 23.5 Å². The molecule has 11 aromatic rings. The Balaban J connectivity index is 1.21. The largest absolute Gasteiger partial charge is 0.416 e. The Hall–Kier alpha value is -8.05. The van der Waals surface area contributed by atoms with Gasteiger partial charge in [0.2, 0.25) is 0 Å². The molecule has 0 spiro atoms. The van der Waals surface area contributed by atoms with Crippen molar-refractivity contribution in [3.63, 3.8) is 0 Å². The number of nitrogens with zero attached hydrogens (tertiary/aromatic N) is 5. The number of halogens is 6. The molecule has 3 heterocycles. The maximum absolute atomic E-state index is 14.2. The molecule has 5 nitrogen and oxygen atoms in total. The third-order valence-electron chi connectivity index (χ3n) is 11.6. The van der Waals surface area contributed by atoms with Crippen LogP contribution in [0.3, 0.4) is 0 Å². The average molecular weight is 852 g/mol. The number of fused-ring (bicyclic) bond motifs is 6. The van der Waals surface area contributed by atoms with Gasteiger partial charge in [0, 0.05) is 43.9 Å². The zero-order valence-corrected chi connectivity index (χ0v) is 33.4. The predicted octanol–water partition coefficient (Wildman–Crippen LogP) is 14.8. The lowest BCUT2D eigenvalue weighted by molar-refractivity contribution is -0.138. The number of hydrogen-bond acceptors (Lipinski definition) is 3. The van der Waals surface area contributed by atoms with Crippen LogP contribution in [0.4, 0.5) is 26.3 Å². The number of para-hydroxylation sites is 2. The van der Waals surface area contributed by atoms with Crippen LogP contribution in [0.25, 0.3) is 100 Å². The molecule has 11 rings (SSSR count). The van der Waals surface area contributed by atoms with Crippen LogP contribution in [0.1, 0.15) is 11.1 Å². The number of benzene rings is 8. The molecule has 0 amide bonds. The molecule has 0 atom stereocenters. The molecule has 0 fully saturated rings. The van der Waals surface area contributed by atoms with Gasteiger partial charge in [-0.2, -0.15) is 26.3 Å². The van der Waals surface area contributed by atoms with Gasteiger partial charge in [0.1, 0.15) is 0 Å². The molecule has 3 aromatic heterocycles. The van der Waals surface area contributed by atoms with Crippen molar-refractivity contribution in [2.45, 2.75) is 12.4 Å². The third kappa shape index (κ3) is 6.64. The lowest BCUT2D eigenvalue weighted by Gasteiger charge is -2.17. The van der Waals surface area contributed by atoms with E-state index in [9.17, 15) is 26.3 Å². The normalized spacial score (nSPS) is 12.2. The van der Waals surface area contributed by atoms with E-state index in [1.54, 1.807) is 4.57 Å². The van der Waals surface area contributed by atoms with Crippen molar-refractivity contribution in [1.29, 1.82) is 0 Å². The summed E-state index contributed by atoms with van der Waals surface area (Å²) in [6.45, 7) is 0. The second-order valence-electron chi connectivity index (χ2n) is 15.5. The van der Waals surface area contributed by atoms with Gasteiger partial charge < -0.3 is 9.13 Å². The zero-order chi connectivity index (χ0) is 43.7. The minimum absolute atomic E-state index is 0.00994. The van der Waals surface area contributed by atoms with Gasteiger partial charge in [-0.05, 0) is 83.9 Å². The quantitative estimate of drug-likeness (QED) is 0.157. The summed E-state index contributed by atoms with van der Waals surface area (Å²) < 4.78 is 89.3. The first-order chi connectivity index (χ1) is 31.0. The number of rotatable bonds is 6. The summed E-state index contributed by atoms with van der Waals surface area (Å²) >= 11 is 0. The Labute approximate surface area is 361 Å². The molecule has 0 saturated carbocycles. The Morgan fingerprint density at radius 2 is 0.797 bits per heavy atom. The van der Waals surface area contributed by atoms with Crippen molar-refractivity contribution in [2.75, 3.05) is 0 Å². The highest BCUT2D eigenvalue weighted by molar-refractivity contribution is 6.11. The number of aromatic nitrogens is 5. The highest BCUT2D eigenvalue weighted by Crippen LogP contribution is 2.43. The van der Waals surface area contributed by atoms with E-state index in [0.717, 1.165) is 74.0 Å². The molecule has 0 radical (unpaired) electrons. The monoisotopic (exact) mass is 851 g/mol. The molecule has 0 unspecified atom stereocenters. The first-order valence-electron chi connectivity index (χ1n) is 20.3. The Kier molecular flexibility index (Phi) is 8.98. The standard InChI is InChI=1S/C53H31F6N5/c54-52(55,56)36-22-26-45-41(30-36)42-31-37(53(57,58)59)23-27-46(42)64(45)47-25-21-34(35-20-24-40-39-18-10-11-19-44(39)63(48(40)29-35)38-16-8-3-9-17-38)28-43(47)51-61-49(32-12-4-1-5-13-32)60-50(62-51)33-14-6-2-7-15-33/h1-31H. The van der Waals surface area contributed by atoms with Crippen LogP contribution in [0.15, 0.2) is 188 Å². The van der Waals surface area contributed by atoms with Crippen molar-refractivity contribution in [2.24, 2.45) is 0 Å². The van der Waals surface area contributed by atoms with Crippen LogP contribution >= 0.6 is 0 Å². The first kappa shape index (κ1) is 38.8. The third-order valence-corrected chi connectivity index (χ3v) is 11.6. The Morgan fingerprint density at radius 3 is 1.38 bits per heavy atom. The van der Waals surface area contributed by atoms with Gasteiger partial charge in [0.25, 0.3) is 0 Å². The molecule has 8 aromatic carbocycles. The predicted molar refractivity (Wildman–Crippen MR) is 240 cm³/mol. The lowest BCUT2D eigenvalue weighted by atomic mass is 9.99. The zero-order valence-electron chi connectivity index (χ0n) is 33.4. The van der Waals surface area contributed by atoms with Gasteiger partial charge in [0.15, 0.2) is 17.5 Å². The summed E-state index contributed by atoms with van der Waals surface area (Å²) in [6.07, 6.45) is -9.48. The molecular weight excluding hydrogens is 821 g/mol. The fourth-order valence-corrected chi connectivity index (χ4v) is 8.66. The van der Waals surface area contributed by atoms with Crippen molar-refractivity contribution < 1.29 is 26.3 Å². The second-order valence-corrected chi connectivity index (χ2v) is 15.5. The molecule has 0 saturated heterocycles. The Morgan fingerprint density at radius 1 is 0.328 bits per heavy atom. The SMILES string of the molecule is FC(F)(F)c1ccc2c(c1)c1cc(C(F)(F)F)ccc1n2-c1ccc(-c2ccc3c4ccccc4n(-c4ccccc4)c3c2)cc1-c1nc(-c2ccccc2)nc(-c2ccccc2)n1. The van der Waals surface area contributed by atoms with E-state index in [-0.39, 0.29) is 27.6 Å². The summed E-state index contributed by atoms with van der Waals surface area (Å²) in [5, 5.41) is 2.16.